The highest BCUT2D eigenvalue weighted by Gasteiger charge is 2.12. The average molecular weight is 437 g/mol. The van der Waals surface area contributed by atoms with Gasteiger partial charge in [-0.15, -0.1) is 0 Å². The second kappa shape index (κ2) is 7.47. The van der Waals surface area contributed by atoms with Crippen molar-refractivity contribution in [2.75, 3.05) is 14.2 Å². The van der Waals surface area contributed by atoms with Crippen molar-refractivity contribution in [2.45, 2.75) is 6.92 Å². The van der Waals surface area contributed by atoms with Gasteiger partial charge in [0.25, 0.3) is 5.56 Å². The number of hydrogen-bond acceptors (Lipinski definition) is 5. The first-order valence-corrected chi connectivity index (χ1v) is 8.76. The van der Waals surface area contributed by atoms with Crippen molar-refractivity contribution in [3.63, 3.8) is 0 Å². The number of aryl methyl sites for hydroxylation is 1. The van der Waals surface area contributed by atoms with Gasteiger partial charge in [0.15, 0.2) is 11.5 Å². The molecule has 2 aromatic carbocycles. The van der Waals surface area contributed by atoms with Crippen LogP contribution in [-0.4, -0.2) is 30.1 Å². The van der Waals surface area contributed by atoms with Gasteiger partial charge in [0.05, 0.1) is 31.3 Å². The van der Waals surface area contributed by atoms with E-state index < -0.39 is 0 Å². The van der Waals surface area contributed by atoms with Crippen LogP contribution in [0.3, 0.4) is 0 Å². The van der Waals surface area contributed by atoms with E-state index in [0.717, 1.165) is 4.47 Å². The summed E-state index contributed by atoms with van der Waals surface area (Å²) in [5.41, 5.74) is 0.930. The van der Waals surface area contributed by atoms with Gasteiger partial charge in [-0.3, -0.25) is 4.79 Å². The highest BCUT2D eigenvalue weighted by atomic mass is 79.9. The highest BCUT2D eigenvalue weighted by molar-refractivity contribution is 9.10. The molecular formula is C18H15BrClN3O3. The SMILES string of the molecule is COc1cc(Cl)cc(C=Nn2c(C)nc3ccc(Br)cc3c2=O)c1OC. The van der Waals surface area contributed by atoms with E-state index in [1.165, 1.54) is 25.1 Å². The smallest absolute Gasteiger partial charge is 0.282 e. The van der Waals surface area contributed by atoms with Crippen LogP contribution in [0.5, 0.6) is 11.5 Å². The molecule has 0 unspecified atom stereocenters. The number of methoxy groups -OCH3 is 2. The van der Waals surface area contributed by atoms with Gasteiger partial charge < -0.3 is 9.47 Å². The molecule has 0 atom stereocenters. The Balaban J connectivity index is 2.15. The van der Waals surface area contributed by atoms with Crippen LogP contribution in [0.25, 0.3) is 10.9 Å². The van der Waals surface area contributed by atoms with Crippen molar-refractivity contribution >= 4 is 44.6 Å². The quantitative estimate of drug-likeness (QED) is 0.579. The summed E-state index contributed by atoms with van der Waals surface area (Å²) >= 11 is 9.48. The second-order valence-electron chi connectivity index (χ2n) is 5.41. The van der Waals surface area contributed by atoms with E-state index in [2.05, 4.69) is 26.0 Å². The molecule has 0 N–H and O–H groups in total. The van der Waals surface area contributed by atoms with Crippen LogP contribution in [0.2, 0.25) is 5.02 Å². The molecule has 3 rings (SSSR count). The fourth-order valence-corrected chi connectivity index (χ4v) is 3.15. The third-order valence-corrected chi connectivity index (χ3v) is 4.47. The highest BCUT2D eigenvalue weighted by Crippen LogP contribution is 2.33. The maximum Gasteiger partial charge on any atom is 0.282 e. The molecule has 1 aromatic heterocycles. The molecule has 1 heterocycles. The Bertz CT molecular complexity index is 1080. The van der Waals surface area contributed by atoms with E-state index in [1.807, 2.05) is 6.07 Å². The Morgan fingerprint density at radius 2 is 2.00 bits per heavy atom. The molecule has 0 saturated carbocycles. The van der Waals surface area contributed by atoms with Gasteiger partial charge >= 0.3 is 0 Å². The normalized spacial score (nSPS) is 11.3. The van der Waals surface area contributed by atoms with Crippen LogP contribution in [-0.2, 0) is 0 Å². The van der Waals surface area contributed by atoms with Crippen LogP contribution in [0.1, 0.15) is 11.4 Å². The average Bonchev–Trinajstić information content (AvgIpc) is 2.61. The minimum absolute atomic E-state index is 0.266. The summed E-state index contributed by atoms with van der Waals surface area (Å²) < 4.78 is 12.7. The third-order valence-electron chi connectivity index (χ3n) is 3.75. The lowest BCUT2D eigenvalue weighted by molar-refractivity contribution is 0.354. The lowest BCUT2D eigenvalue weighted by atomic mass is 10.2. The van der Waals surface area contributed by atoms with Gasteiger partial charge in [-0.05, 0) is 31.2 Å². The fraction of sp³-hybridized carbons (Fsp3) is 0.167. The van der Waals surface area contributed by atoms with E-state index in [9.17, 15) is 4.79 Å². The Morgan fingerprint density at radius 3 is 2.69 bits per heavy atom. The largest absolute Gasteiger partial charge is 0.493 e. The maximum absolute atomic E-state index is 12.8. The van der Waals surface area contributed by atoms with Gasteiger partial charge in [0.1, 0.15) is 5.82 Å². The zero-order chi connectivity index (χ0) is 18.8. The number of nitrogens with zero attached hydrogens (tertiary/aromatic N) is 3. The molecule has 6 nitrogen and oxygen atoms in total. The number of halogens is 2. The van der Waals surface area contributed by atoms with Crippen molar-refractivity contribution in [3.8, 4) is 11.5 Å². The molecular weight excluding hydrogens is 422 g/mol. The van der Waals surface area contributed by atoms with Gasteiger partial charge in [0, 0.05) is 21.1 Å². The summed E-state index contributed by atoms with van der Waals surface area (Å²) in [6.07, 6.45) is 1.49. The number of ether oxygens (including phenoxy) is 2. The number of hydrogen-bond donors (Lipinski definition) is 0. The third kappa shape index (κ3) is 3.45. The summed E-state index contributed by atoms with van der Waals surface area (Å²) in [5.74, 6) is 1.42. The molecule has 0 amide bonds. The van der Waals surface area contributed by atoms with E-state index in [1.54, 1.807) is 31.2 Å². The Hall–Kier alpha value is -2.38. The molecule has 0 bridgehead atoms. The second-order valence-corrected chi connectivity index (χ2v) is 6.76. The van der Waals surface area contributed by atoms with E-state index >= 15 is 0 Å². The predicted octanol–water partition coefficient (Wildman–Crippen LogP) is 4.02. The van der Waals surface area contributed by atoms with Crippen molar-refractivity contribution in [1.82, 2.24) is 9.66 Å². The summed E-state index contributed by atoms with van der Waals surface area (Å²) in [6, 6.07) is 8.67. The molecule has 8 heteroatoms. The van der Waals surface area contributed by atoms with Crippen LogP contribution >= 0.6 is 27.5 Å². The molecule has 0 aliphatic rings. The monoisotopic (exact) mass is 435 g/mol. The Morgan fingerprint density at radius 1 is 1.23 bits per heavy atom. The summed E-state index contributed by atoms with van der Waals surface area (Å²) in [4.78, 5) is 17.2. The lowest BCUT2D eigenvalue weighted by Crippen LogP contribution is -2.20. The maximum atomic E-state index is 12.8. The minimum Gasteiger partial charge on any atom is -0.493 e. The van der Waals surface area contributed by atoms with E-state index in [4.69, 9.17) is 21.1 Å². The zero-order valence-electron chi connectivity index (χ0n) is 14.3. The summed E-state index contributed by atoms with van der Waals surface area (Å²) in [7, 11) is 3.05. The molecule has 0 aliphatic carbocycles. The van der Waals surface area contributed by atoms with Gasteiger partial charge in [-0.1, -0.05) is 27.5 Å². The van der Waals surface area contributed by atoms with Gasteiger partial charge in [-0.25, -0.2) is 4.98 Å². The first kappa shape index (κ1) is 18.4. The molecule has 134 valence electrons. The standard InChI is InChI=1S/C18H15BrClN3O3/c1-10-22-15-5-4-12(19)7-14(15)18(24)23(10)21-9-11-6-13(20)8-16(25-2)17(11)26-3/h4-9H,1-3H3. The molecule has 0 spiro atoms. The first-order chi connectivity index (χ1) is 12.4. The van der Waals surface area contributed by atoms with Gasteiger partial charge in [-0.2, -0.15) is 9.78 Å². The van der Waals surface area contributed by atoms with Gasteiger partial charge in [0.2, 0.25) is 0 Å². The van der Waals surface area contributed by atoms with Crippen LogP contribution in [0, 0.1) is 6.92 Å². The summed E-state index contributed by atoms with van der Waals surface area (Å²) in [5, 5.41) is 5.22. The van der Waals surface area contributed by atoms with Crippen LogP contribution in [0.15, 0.2) is 44.7 Å². The molecule has 3 aromatic rings. The lowest BCUT2D eigenvalue weighted by Gasteiger charge is -2.11. The fourth-order valence-electron chi connectivity index (χ4n) is 2.57. The molecule has 0 saturated heterocycles. The Labute approximate surface area is 163 Å². The molecule has 26 heavy (non-hydrogen) atoms. The predicted molar refractivity (Wildman–Crippen MR) is 106 cm³/mol. The minimum atomic E-state index is -0.266. The van der Waals surface area contributed by atoms with Crippen LogP contribution < -0.4 is 15.0 Å². The Kier molecular flexibility index (Phi) is 5.29. The van der Waals surface area contributed by atoms with Crippen molar-refractivity contribution < 1.29 is 9.47 Å². The number of aromatic nitrogens is 2. The van der Waals surface area contributed by atoms with Crippen LogP contribution in [0.4, 0.5) is 0 Å². The molecule has 0 fully saturated rings. The zero-order valence-corrected chi connectivity index (χ0v) is 16.6. The van der Waals surface area contributed by atoms with E-state index in [0.29, 0.717) is 38.8 Å². The van der Waals surface area contributed by atoms with Crippen molar-refractivity contribution in [3.05, 3.63) is 61.6 Å². The van der Waals surface area contributed by atoms with Crippen molar-refractivity contribution in [1.29, 1.82) is 0 Å². The molecule has 0 radical (unpaired) electrons. The summed E-state index contributed by atoms with van der Waals surface area (Å²) in [6.45, 7) is 1.72. The number of fused-ring (bicyclic) bond motifs is 1. The number of benzene rings is 2. The van der Waals surface area contributed by atoms with Crippen molar-refractivity contribution in [2.24, 2.45) is 5.10 Å². The number of rotatable bonds is 4. The molecule has 0 aliphatic heterocycles. The topological polar surface area (TPSA) is 65.7 Å². The first-order valence-electron chi connectivity index (χ1n) is 7.59. The van der Waals surface area contributed by atoms with E-state index in [-0.39, 0.29) is 5.56 Å².